The lowest BCUT2D eigenvalue weighted by atomic mass is 9.30. The first kappa shape index (κ1) is 64.6. The van der Waals surface area contributed by atoms with Gasteiger partial charge in [0.2, 0.25) is 0 Å². The molecule has 0 saturated heterocycles. The van der Waals surface area contributed by atoms with Gasteiger partial charge in [-0.15, -0.1) is 0 Å². The quantitative estimate of drug-likeness (QED) is 0.153. The average molecular weight is 1420 g/mol. The summed E-state index contributed by atoms with van der Waals surface area (Å²) in [7, 11) is -3.77. The van der Waals surface area contributed by atoms with Crippen LogP contribution >= 0.6 is 0 Å². The highest BCUT2D eigenvalue weighted by Gasteiger charge is 2.51. The molecule has 0 atom stereocenters. The van der Waals surface area contributed by atoms with E-state index >= 15 is 0 Å². The van der Waals surface area contributed by atoms with Crippen LogP contribution in [0.4, 0.5) is 102 Å². The molecule has 0 unspecified atom stereocenters. The molecule has 0 saturated carbocycles. The number of fused-ring (bicyclic) bond motifs is 14. The van der Waals surface area contributed by atoms with Crippen molar-refractivity contribution in [1.82, 2.24) is 0 Å². The van der Waals surface area contributed by atoms with Gasteiger partial charge >= 0.3 is 0 Å². The van der Waals surface area contributed by atoms with Crippen LogP contribution in [0.25, 0.3) is 0 Å². The van der Waals surface area contributed by atoms with Gasteiger partial charge in [-0.1, -0.05) is 239 Å². The van der Waals surface area contributed by atoms with Crippen molar-refractivity contribution in [3.8, 4) is 0 Å². The lowest BCUT2D eigenvalue weighted by Crippen LogP contribution is -2.65. The lowest BCUT2D eigenvalue weighted by Gasteiger charge is -2.48. The summed E-state index contributed by atoms with van der Waals surface area (Å²) in [6.45, 7) is 27.0. The summed E-state index contributed by atoms with van der Waals surface area (Å²) in [5.41, 5.74) is 35.3. The highest BCUT2D eigenvalue weighted by Crippen LogP contribution is 2.56. The topological polar surface area (TPSA) is 19.4 Å². The Balaban J connectivity index is 0.874. The molecule has 10 heteroatoms. The number of rotatable bonds is 6. The summed E-state index contributed by atoms with van der Waals surface area (Å²) in [4.78, 5) is 15.9. The lowest BCUT2D eigenvalue weighted by molar-refractivity contribution is 0.332. The first-order chi connectivity index (χ1) is 51.8. The van der Waals surface area contributed by atoms with Gasteiger partial charge in [-0.25, -0.2) is 0 Å². The van der Waals surface area contributed by atoms with E-state index < -0.39 is 16.9 Å². The highest BCUT2D eigenvalue weighted by molar-refractivity contribution is 7.04. The van der Waals surface area contributed by atoms with Crippen LogP contribution in [0.15, 0.2) is 279 Å². The van der Waals surface area contributed by atoms with Crippen LogP contribution < -0.4 is 82.9 Å². The third-order valence-electron chi connectivity index (χ3n) is 26.7. The molecule has 6 aliphatic heterocycles. The van der Waals surface area contributed by atoms with Gasteiger partial charge in [0.1, 0.15) is 16.9 Å². The number of para-hydroxylation sites is 8. The minimum atomic E-state index is -2.18. The molecule has 21 rings (SSSR count). The molecule has 0 bridgehead atoms. The summed E-state index contributed by atoms with van der Waals surface area (Å²) in [6, 6.07) is 110. The zero-order valence-corrected chi connectivity index (χ0v) is 65.5. The van der Waals surface area contributed by atoms with Crippen LogP contribution in [0.1, 0.15) is 103 Å². The molecule has 13 aromatic rings. The largest absolute Gasteiger partial charge is 0.311 e. The molecule has 0 spiro atoms. The molecule has 6 heterocycles. The molecular weight excluding hydrogens is 1330 g/mol. The maximum Gasteiger partial charge on any atom is 0.252 e. The third kappa shape index (κ3) is 9.24. The van der Waals surface area contributed by atoms with Gasteiger partial charge in [-0.2, -0.15) is 0 Å². The van der Waals surface area contributed by atoms with E-state index in [1.807, 2.05) is 0 Å². The van der Waals surface area contributed by atoms with Crippen molar-refractivity contribution in [3.63, 3.8) is 0 Å². The third-order valence-corrected chi connectivity index (χ3v) is 33.1. The summed E-state index contributed by atoms with van der Waals surface area (Å²) in [5.74, 6) is 0. The molecule has 13 aromatic carbocycles. The zero-order chi connectivity index (χ0) is 72.5. The summed E-state index contributed by atoms with van der Waals surface area (Å²) in [6.07, 6.45) is 4.58. The maximum atomic E-state index is 2.71. The van der Waals surface area contributed by atoms with Crippen molar-refractivity contribution in [2.75, 3.05) is 29.4 Å². The fourth-order valence-corrected chi connectivity index (χ4v) is 26.4. The monoisotopic (exact) mass is 1410 g/mol. The standard InChI is InChI=1S/C97H88B2N6Si2/c1-94(2)50-52-96(5,6)70-54-64(46-48-68(70)94)102-76-36-20-18-34-72(76)98-74-60-75-83(61-82(74)100(62-30-14-12-15-31-62)84-56-66(57-86(102)92(84)98)104-78-38-22-26-42-88(78)106(9)89-43-27-23-39-79(89)104)101(63-32-16-13-17-33-63)85-58-67(105-80-40-24-28-44-90(80)107(10,11)91-45-29-25-41-81(91)105)59-87-93(85)99(75)73-35-19-21-37-77(73)103(87)65-47-49-69-71(55-65)97(7,8)53-51-95(69,3)4/h12-49,54-61,106H,50-53H2,1-11H3. The van der Waals surface area contributed by atoms with Crippen LogP contribution in [0, 0.1) is 0 Å². The van der Waals surface area contributed by atoms with E-state index in [-0.39, 0.29) is 35.1 Å². The highest BCUT2D eigenvalue weighted by atomic mass is 28.3. The van der Waals surface area contributed by atoms with Crippen LogP contribution in [0.5, 0.6) is 0 Å². The smallest absolute Gasteiger partial charge is 0.252 e. The van der Waals surface area contributed by atoms with Gasteiger partial charge in [0.05, 0.1) is 11.4 Å². The molecular formula is C97H88B2N6Si2. The minimum Gasteiger partial charge on any atom is -0.311 e. The predicted molar refractivity (Wildman–Crippen MR) is 463 cm³/mol. The molecule has 0 fully saturated rings. The molecule has 0 aromatic heterocycles. The van der Waals surface area contributed by atoms with Gasteiger partial charge in [-0.05, 0) is 238 Å². The second kappa shape index (κ2) is 22.9. The molecule has 2 aliphatic carbocycles. The molecule has 6 nitrogen and oxygen atoms in total. The van der Waals surface area contributed by atoms with Gasteiger partial charge in [0, 0.05) is 91.0 Å². The van der Waals surface area contributed by atoms with Crippen molar-refractivity contribution in [2.24, 2.45) is 0 Å². The van der Waals surface area contributed by atoms with Crippen molar-refractivity contribution in [2.45, 2.75) is 122 Å². The van der Waals surface area contributed by atoms with Gasteiger partial charge in [0.15, 0.2) is 0 Å². The molecule has 107 heavy (non-hydrogen) atoms. The van der Waals surface area contributed by atoms with Crippen molar-refractivity contribution < 1.29 is 0 Å². The SMILES string of the molecule is C[SiH]1c2ccccc2N(c2cc3c4c(c2)N(c2ccccc2)c2cc5c(cc2B4c2ccccc2N3c2ccc3c(c2)C(C)(C)CCC3(C)C)B2c3ccccc3N(c3ccc4c(c3)C(C)(C)CCC4(C)C)c3cc(N4c6ccccc6[Si](C)(C)c6ccccc64)cc(c32)N5c2ccccc2)c2ccccc21. The number of hydrogen-bond acceptors (Lipinski definition) is 6. The first-order valence-electron chi connectivity index (χ1n) is 39.1. The number of nitrogens with zero attached hydrogens (tertiary/aromatic N) is 6. The Morgan fingerprint density at radius 3 is 0.991 bits per heavy atom. The Labute approximate surface area is 635 Å². The van der Waals surface area contributed by atoms with E-state index in [0.717, 1.165) is 48.4 Å². The molecule has 0 N–H and O–H groups in total. The van der Waals surface area contributed by atoms with Gasteiger partial charge in [-0.3, -0.25) is 0 Å². The van der Waals surface area contributed by atoms with Crippen LogP contribution in [0.3, 0.4) is 0 Å². The van der Waals surface area contributed by atoms with Crippen LogP contribution in [0.2, 0.25) is 19.6 Å². The Hall–Kier alpha value is -10.8. The van der Waals surface area contributed by atoms with Crippen molar-refractivity contribution in [3.05, 3.63) is 301 Å². The average Bonchev–Trinajstić information content (AvgIpc) is 0.681. The normalized spacial score (nSPS) is 17.7. The molecule has 8 aliphatic rings. The van der Waals surface area contributed by atoms with Crippen molar-refractivity contribution in [1.29, 1.82) is 0 Å². The summed E-state index contributed by atoms with van der Waals surface area (Å²) in [5, 5.41) is 5.82. The summed E-state index contributed by atoms with van der Waals surface area (Å²) >= 11 is 0. The van der Waals surface area contributed by atoms with E-state index in [1.54, 1.807) is 0 Å². The van der Waals surface area contributed by atoms with E-state index in [1.165, 1.54) is 155 Å². The number of benzene rings is 13. The molecule has 520 valence electrons. The predicted octanol–water partition coefficient (Wildman–Crippen LogP) is 18.9. The van der Waals surface area contributed by atoms with E-state index in [0.29, 0.717) is 0 Å². The van der Waals surface area contributed by atoms with E-state index in [2.05, 4.69) is 383 Å². The van der Waals surface area contributed by atoms with Crippen molar-refractivity contribution >= 4 is 186 Å². The summed E-state index contributed by atoms with van der Waals surface area (Å²) < 4.78 is 0. The van der Waals surface area contributed by atoms with E-state index in [9.17, 15) is 0 Å². The number of hydrogen-bond donors (Lipinski definition) is 0. The van der Waals surface area contributed by atoms with Crippen LogP contribution in [-0.4, -0.2) is 30.3 Å². The van der Waals surface area contributed by atoms with E-state index in [4.69, 9.17) is 0 Å². The molecule has 0 radical (unpaired) electrons. The van der Waals surface area contributed by atoms with Gasteiger partial charge < -0.3 is 29.4 Å². The fourth-order valence-electron chi connectivity index (χ4n) is 21.0. The fraction of sp³-hybridized carbons (Fsp3) is 0.196. The zero-order valence-electron chi connectivity index (χ0n) is 63.3. The minimum absolute atomic E-state index is 0.00989. The first-order valence-corrected chi connectivity index (χ1v) is 44.4. The Morgan fingerprint density at radius 2 is 0.579 bits per heavy atom. The Bertz CT molecular complexity index is 5840. The Kier molecular flexibility index (Phi) is 13.8. The second-order valence-corrected chi connectivity index (χ2v) is 41.9. The Morgan fingerprint density at radius 1 is 0.262 bits per heavy atom. The molecule has 0 amide bonds. The maximum absolute atomic E-state index is 2.71. The second-order valence-electron chi connectivity index (χ2n) is 34.9. The van der Waals surface area contributed by atoms with Gasteiger partial charge in [0.25, 0.3) is 13.4 Å². The van der Waals surface area contributed by atoms with Crippen LogP contribution in [-0.2, 0) is 21.7 Å². The number of anilines is 18.